The number of carbonyl (C=O) groups excluding carboxylic acids is 1. The van der Waals surface area contributed by atoms with Crippen LogP contribution in [0.1, 0.15) is 12.8 Å². The zero-order chi connectivity index (χ0) is 16.6. The Kier molecular flexibility index (Phi) is 4.18. The average Bonchev–Trinajstić information content (AvgIpc) is 3.17. The van der Waals surface area contributed by atoms with E-state index >= 15 is 0 Å². The molecule has 0 saturated carbocycles. The minimum atomic E-state index is -0.275. The SMILES string of the molecule is O=C(NC1CCN(c2ccccc2F)CC1)C12CNCC1CNC2. The van der Waals surface area contributed by atoms with Crippen molar-refractivity contribution in [2.75, 3.05) is 44.2 Å². The number of nitrogens with one attached hydrogen (secondary N) is 3. The topological polar surface area (TPSA) is 56.4 Å². The lowest BCUT2D eigenvalue weighted by atomic mass is 9.79. The zero-order valence-corrected chi connectivity index (χ0v) is 13.9. The van der Waals surface area contributed by atoms with Gasteiger partial charge in [0.25, 0.3) is 0 Å². The first kappa shape index (κ1) is 15.8. The summed E-state index contributed by atoms with van der Waals surface area (Å²) in [5.41, 5.74) is 0.392. The van der Waals surface area contributed by atoms with Crippen molar-refractivity contribution in [3.05, 3.63) is 30.1 Å². The molecule has 3 saturated heterocycles. The molecule has 0 bridgehead atoms. The van der Waals surface area contributed by atoms with E-state index in [-0.39, 0.29) is 23.2 Å². The molecule has 4 rings (SSSR count). The van der Waals surface area contributed by atoms with Crippen LogP contribution in [0.15, 0.2) is 24.3 Å². The van der Waals surface area contributed by atoms with E-state index in [1.807, 2.05) is 12.1 Å². The fraction of sp³-hybridized carbons (Fsp3) is 0.611. The molecule has 0 aromatic heterocycles. The first-order chi connectivity index (χ1) is 11.7. The van der Waals surface area contributed by atoms with E-state index in [1.54, 1.807) is 6.07 Å². The quantitative estimate of drug-likeness (QED) is 0.763. The maximum absolute atomic E-state index is 13.9. The van der Waals surface area contributed by atoms with Gasteiger partial charge in [-0.2, -0.15) is 0 Å². The lowest BCUT2D eigenvalue weighted by Crippen LogP contribution is -2.53. The van der Waals surface area contributed by atoms with E-state index in [0.717, 1.165) is 52.1 Å². The third-order valence-electron chi connectivity index (χ3n) is 5.92. The number of hydrogen-bond acceptors (Lipinski definition) is 4. The van der Waals surface area contributed by atoms with E-state index in [0.29, 0.717) is 11.6 Å². The highest BCUT2D eigenvalue weighted by atomic mass is 19.1. The molecule has 0 radical (unpaired) electrons. The lowest BCUT2D eigenvalue weighted by molar-refractivity contribution is -0.131. The summed E-state index contributed by atoms with van der Waals surface area (Å²) in [6.07, 6.45) is 1.73. The molecule has 6 heteroatoms. The Labute approximate surface area is 142 Å². The van der Waals surface area contributed by atoms with Crippen LogP contribution in [-0.2, 0) is 4.79 Å². The first-order valence-electron chi connectivity index (χ1n) is 8.91. The molecule has 3 heterocycles. The van der Waals surface area contributed by atoms with Crippen LogP contribution in [0.5, 0.6) is 0 Å². The number of amides is 1. The fourth-order valence-electron chi connectivity index (χ4n) is 4.40. The normalized spacial score (nSPS) is 30.4. The number of rotatable bonds is 3. The Balaban J connectivity index is 1.35. The van der Waals surface area contributed by atoms with Crippen LogP contribution in [0.4, 0.5) is 10.1 Å². The molecule has 1 amide bonds. The van der Waals surface area contributed by atoms with Crippen LogP contribution in [0.2, 0.25) is 0 Å². The molecule has 0 aliphatic carbocycles. The Bertz CT molecular complexity index is 605. The van der Waals surface area contributed by atoms with E-state index < -0.39 is 0 Å². The van der Waals surface area contributed by atoms with Crippen molar-refractivity contribution in [3.63, 3.8) is 0 Å². The number of nitrogens with zero attached hydrogens (tertiary/aromatic N) is 1. The van der Waals surface area contributed by atoms with Crippen molar-refractivity contribution >= 4 is 11.6 Å². The third-order valence-corrected chi connectivity index (χ3v) is 5.92. The van der Waals surface area contributed by atoms with Gasteiger partial charge in [-0.25, -0.2) is 4.39 Å². The minimum absolute atomic E-state index is 0.171. The summed E-state index contributed by atoms with van der Waals surface area (Å²) in [5, 5.41) is 10.0. The van der Waals surface area contributed by atoms with Gasteiger partial charge in [-0.05, 0) is 25.0 Å². The highest BCUT2D eigenvalue weighted by Crippen LogP contribution is 2.35. The predicted octanol–water partition coefficient (Wildman–Crippen LogP) is 0.720. The average molecular weight is 332 g/mol. The molecule has 1 aromatic rings. The number of hydrogen-bond donors (Lipinski definition) is 3. The summed E-state index contributed by atoms with van der Waals surface area (Å²) in [6, 6.07) is 7.10. The second-order valence-electron chi connectivity index (χ2n) is 7.30. The number of carbonyl (C=O) groups is 1. The van der Waals surface area contributed by atoms with Crippen molar-refractivity contribution in [2.24, 2.45) is 11.3 Å². The van der Waals surface area contributed by atoms with Gasteiger partial charge in [-0.1, -0.05) is 12.1 Å². The van der Waals surface area contributed by atoms with Crippen molar-refractivity contribution < 1.29 is 9.18 Å². The number of halogens is 1. The van der Waals surface area contributed by atoms with E-state index in [9.17, 15) is 9.18 Å². The fourth-order valence-corrected chi connectivity index (χ4v) is 4.40. The Morgan fingerprint density at radius 1 is 1.17 bits per heavy atom. The van der Waals surface area contributed by atoms with Gasteiger partial charge >= 0.3 is 0 Å². The summed E-state index contributed by atoms with van der Waals surface area (Å²) in [6.45, 7) is 4.94. The Morgan fingerprint density at radius 2 is 1.83 bits per heavy atom. The molecule has 0 unspecified atom stereocenters. The molecule has 1 aromatic carbocycles. The van der Waals surface area contributed by atoms with Crippen molar-refractivity contribution in [3.8, 4) is 0 Å². The van der Waals surface area contributed by atoms with E-state index in [2.05, 4.69) is 20.9 Å². The Morgan fingerprint density at radius 3 is 2.50 bits per heavy atom. The molecular weight excluding hydrogens is 307 g/mol. The van der Waals surface area contributed by atoms with E-state index in [4.69, 9.17) is 0 Å². The summed E-state index contributed by atoms with van der Waals surface area (Å²) < 4.78 is 13.9. The standard InChI is InChI=1S/C18H25FN4O/c19-15-3-1-2-4-16(15)23-7-5-14(6-8-23)22-17(24)18-11-20-9-13(18)10-21-12-18/h1-4,13-14,20-21H,5-12H2,(H,22,24). The molecule has 0 atom stereocenters. The van der Waals surface area contributed by atoms with Gasteiger partial charge in [0.2, 0.25) is 5.91 Å². The number of anilines is 1. The number of piperidine rings is 1. The number of fused-ring (bicyclic) bond motifs is 1. The minimum Gasteiger partial charge on any atom is -0.369 e. The second kappa shape index (κ2) is 6.33. The van der Waals surface area contributed by atoms with Crippen LogP contribution in [-0.4, -0.2) is 51.2 Å². The molecular formula is C18H25FN4O. The summed E-state index contributed by atoms with van der Waals surface area (Å²) in [5.74, 6) is 0.415. The van der Waals surface area contributed by atoms with E-state index in [1.165, 1.54) is 6.07 Å². The summed E-state index contributed by atoms with van der Waals surface area (Å²) >= 11 is 0. The summed E-state index contributed by atoms with van der Waals surface area (Å²) in [7, 11) is 0. The predicted molar refractivity (Wildman–Crippen MR) is 91.4 cm³/mol. The van der Waals surface area contributed by atoms with Gasteiger partial charge in [0, 0.05) is 51.2 Å². The smallest absolute Gasteiger partial charge is 0.229 e. The van der Waals surface area contributed by atoms with Gasteiger partial charge in [-0.15, -0.1) is 0 Å². The molecule has 3 fully saturated rings. The van der Waals surface area contributed by atoms with Crippen LogP contribution >= 0.6 is 0 Å². The molecule has 5 nitrogen and oxygen atoms in total. The van der Waals surface area contributed by atoms with Gasteiger partial charge in [0.15, 0.2) is 0 Å². The lowest BCUT2D eigenvalue weighted by Gasteiger charge is -2.36. The van der Waals surface area contributed by atoms with Gasteiger partial charge < -0.3 is 20.9 Å². The Hall–Kier alpha value is -1.66. The number of benzene rings is 1. The highest BCUT2D eigenvalue weighted by Gasteiger charge is 2.52. The van der Waals surface area contributed by atoms with Gasteiger partial charge in [-0.3, -0.25) is 4.79 Å². The first-order valence-corrected chi connectivity index (χ1v) is 8.91. The van der Waals surface area contributed by atoms with Crippen LogP contribution in [0, 0.1) is 17.2 Å². The van der Waals surface area contributed by atoms with Crippen LogP contribution < -0.4 is 20.9 Å². The van der Waals surface area contributed by atoms with Gasteiger partial charge in [0.05, 0.1) is 11.1 Å². The maximum Gasteiger partial charge on any atom is 0.229 e. The van der Waals surface area contributed by atoms with Crippen LogP contribution in [0.3, 0.4) is 0 Å². The highest BCUT2D eigenvalue weighted by molar-refractivity contribution is 5.84. The molecule has 3 N–H and O–H groups in total. The van der Waals surface area contributed by atoms with Crippen molar-refractivity contribution in [1.82, 2.24) is 16.0 Å². The van der Waals surface area contributed by atoms with Crippen molar-refractivity contribution in [1.29, 1.82) is 0 Å². The zero-order valence-electron chi connectivity index (χ0n) is 13.9. The van der Waals surface area contributed by atoms with Crippen molar-refractivity contribution in [2.45, 2.75) is 18.9 Å². The third kappa shape index (κ3) is 2.67. The maximum atomic E-state index is 13.9. The van der Waals surface area contributed by atoms with Crippen LogP contribution in [0.25, 0.3) is 0 Å². The molecule has 3 aliphatic heterocycles. The number of para-hydroxylation sites is 1. The molecule has 130 valence electrons. The molecule has 3 aliphatic rings. The summed E-state index contributed by atoms with van der Waals surface area (Å²) in [4.78, 5) is 14.9. The second-order valence-corrected chi connectivity index (χ2v) is 7.30. The largest absolute Gasteiger partial charge is 0.369 e. The molecule has 24 heavy (non-hydrogen) atoms. The van der Waals surface area contributed by atoms with Gasteiger partial charge in [0.1, 0.15) is 5.82 Å². The monoisotopic (exact) mass is 332 g/mol. The molecule has 0 spiro atoms.